The van der Waals surface area contributed by atoms with Gasteiger partial charge in [-0.25, -0.2) is 4.79 Å². The molecule has 3 aliphatic heterocycles. The van der Waals surface area contributed by atoms with Crippen LogP contribution in [-0.2, 0) is 23.2 Å². The Morgan fingerprint density at radius 1 is 0.630 bits per heavy atom. The maximum absolute atomic E-state index is 14.2. The normalized spacial score (nSPS) is 17.9. The molecule has 0 fully saturated rings. The number of anilines is 2. The van der Waals surface area contributed by atoms with Crippen molar-refractivity contribution in [1.82, 2.24) is 0 Å². The van der Waals surface area contributed by atoms with Gasteiger partial charge in [-0.3, -0.25) is 0 Å². The first-order valence-corrected chi connectivity index (χ1v) is 20.0. The van der Waals surface area contributed by atoms with Crippen molar-refractivity contribution in [2.45, 2.75) is 46.1 Å². The van der Waals surface area contributed by atoms with Gasteiger partial charge in [0.1, 0.15) is 0 Å². The minimum Gasteiger partial charge on any atom is -0.442 e. The number of hydrogen-bond donors (Lipinski definition) is 0. The van der Waals surface area contributed by atoms with Gasteiger partial charge in [-0.2, -0.15) is 0 Å². The number of rotatable bonds is 8. The Labute approximate surface area is 337 Å². The summed E-state index contributed by atoms with van der Waals surface area (Å²) in [5.41, 5.74) is 11.9. The molecule has 3 aliphatic rings. The van der Waals surface area contributed by atoms with Gasteiger partial charge in [0.25, 0.3) is 0 Å². The Morgan fingerprint density at radius 3 is 1.50 bits per heavy atom. The molecule has 0 saturated carbocycles. The van der Waals surface area contributed by atoms with Crippen molar-refractivity contribution < 1.29 is 9.53 Å². The Morgan fingerprint density at radius 2 is 1.06 bits per heavy atom. The molecule has 8 heteroatoms. The van der Waals surface area contributed by atoms with Gasteiger partial charge >= 0.3 is 5.97 Å². The fraction of sp³-hybridized carbons (Fsp3) is 0.239. The molecule has 0 spiro atoms. The summed E-state index contributed by atoms with van der Waals surface area (Å²) >= 11 is 27.5. The number of cyclic esters (lactones) is 1. The molecule has 0 N–H and O–H groups in total. The first-order valence-electron chi connectivity index (χ1n) is 18.5. The van der Waals surface area contributed by atoms with E-state index < -0.39 is 11.6 Å². The molecular weight excluding hydrogens is 754 g/mol. The van der Waals surface area contributed by atoms with Gasteiger partial charge in [-0.1, -0.05) is 118 Å². The van der Waals surface area contributed by atoms with Crippen molar-refractivity contribution in [3.05, 3.63) is 173 Å². The predicted molar refractivity (Wildman–Crippen MR) is 226 cm³/mol. The van der Waals surface area contributed by atoms with Crippen molar-refractivity contribution in [3.8, 4) is 0 Å². The van der Waals surface area contributed by atoms with Gasteiger partial charge in [0.2, 0.25) is 0 Å². The fourth-order valence-electron chi connectivity index (χ4n) is 8.18. The van der Waals surface area contributed by atoms with Crippen LogP contribution in [-0.4, -0.2) is 32.1 Å². The topological polar surface area (TPSA) is 32.8 Å². The maximum atomic E-state index is 14.2. The van der Waals surface area contributed by atoms with Crippen LogP contribution in [0.4, 0.5) is 11.4 Å². The third-order valence-corrected chi connectivity index (χ3v) is 12.9. The molecule has 0 atom stereocenters. The fourth-order valence-corrected chi connectivity index (χ4v) is 9.26. The van der Waals surface area contributed by atoms with Crippen LogP contribution in [0.15, 0.2) is 97.1 Å². The largest absolute Gasteiger partial charge is 0.442 e. The van der Waals surface area contributed by atoms with E-state index >= 15 is 0 Å². The number of likely N-dealkylation sites (N-methyl/N-ethyl adjacent to an activating group) is 2. The lowest BCUT2D eigenvalue weighted by Gasteiger charge is -2.28. The number of nitrogens with zero attached hydrogens (tertiary/aromatic N) is 2. The zero-order valence-electron chi connectivity index (χ0n) is 30.7. The predicted octanol–water partition coefficient (Wildman–Crippen LogP) is 12.3. The van der Waals surface area contributed by atoms with Crippen LogP contribution >= 0.6 is 46.4 Å². The zero-order valence-corrected chi connectivity index (χ0v) is 33.7. The Balaban J connectivity index is 1.46. The number of fused-ring (bicyclic) bond motifs is 3. The summed E-state index contributed by atoms with van der Waals surface area (Å²) in [6, 6.07) is 30.0. The first-order chi connectivity index (χ1) is 26.0. The lowest BCUT2D eigenvalue weighted by atomic mass is 9.82. The summed E-state index contributed by atoms with van der Waals surface area (Å²) in [5, 5.41) is 0.206. The highest BCUT2D eigenvalue weighted by atomic mass is 35.5. The lowest BCUT2D eigenvalue weighted by Crippen LogP contribution is -2.23. The van der Waals surface area contributed by atoms with Gasteiger partial charge in [-0.05, 0) is 121 Å². The highest BCUT2D eigenvalue weighted by Gasteiger charge is 2.48. The van der Waals surface area contributed by atoms with Crippen molar-refractivity contribution in [3.63, 3.8) is 0 Å². The van der Waals surface area contributed by atoms with E-state index in [4.69, 9.17) is 51.1 Å². The molecule has 54 heavy (non-hydrogen) atoms. The number of esters is 1. The van der Waals surface area contributed by atoms with Crippen LogP contribution in [0.2, 0.25) is 20.1 Å². The highest BCUT2D eigenvalue weighted by molar-refractivity contribution is 6.53. The molecule has 0 amide bonds. The van der Waals surface area contributed by atoms with Crippen LogP contribution in [0.1, 0.15) is 74.3 Å². The Kier molecular flexibility index (Phi) is 9.85. The van der Waals surface area contributed by atoms with Gasteiger partial charge in [0.15, 0.2) is 5.60 Å². The zero-order chi connectivity index (χ0) is 37.9. The van der Waals surface area contributed by atoms with Crippen molar-refractivity contribution in [1.29, 1.82) is 0 Å². The van der Waals surface area contributed by atoms with E-state index in [1.54, 1.807) is 0 Å². The van der Waals surface area contributed by atoms with Crippen LogP contribution < -0.4 is 9.80 Å². The third-order valence-electron chi connectivity index (χ3n) is 11.1. The number of ether oxygens (including phenoxy) is 1. The van der Waals surface area contributed by atoms with Gasteiger partial charge < -0.3 is 14.5 Å². The second-order valence-electron chi connectivity index (χ2n) is 14.4. The second-order valence-corrected chi connectivity index (χ2v) is 15.9. The SMILES string of the molecule is CCN1CCc2cc(/C(=C/C3(/C=C(\c4ccc(C)cc4)c4ccc5c(c4)CCN5CC)OC(=O)c4c(Cl)c(Cl)c(Cl)c(Cl)c43)c3ccc(C)cc3)ccc21. The van der Waals surface area contributed by atoms with E-state index in [1.807, 2.05) is 12.2 Å². The van der Waals surface area contributed by atoms with Crippen LogP contribution in [0.5, 0.6) is 0 Å². The van der Waals surface area contributed by atoms with Gasteiger partial charge in [-0.15, -0.1) is 0 Å². The molecule has 3 heterocycles. The number of hydrogen-bond acceptors (Lipinski definition) is 4. The maximum Gasteiger partial charge on any atom is 0.341 e. The summed E-state index contributed by atoms with van der Waals surface area (Å²) in [6.45, 7) is 12.3. The first kappa shape index (κ1) is 36.8. The van der Waals surface area contributed by atoms with Crippen molar-refractivity contribution in [2.75, 3.05) is 36.0 Å². The van der Waals surface area contributed by atoms with E-state index in [-0.39, 0.29) is 25.7 Å². The molecule has 274 valence electrons. The van der Waals surface area contributed by atoms with E-state index in [2.05, 4.69) is 122 Å². The summed E-state index contributed by atoms with van der Waals surface area (Å²) in [5.74, 6) is -0.630. The Bertz CT molecular complexity index is 2260. The molecule has 0 unspecified atom stereocenters. The van der Waals surface area contributed by atoms with E-state index in [9.17, 15) is 4.79 Å². The number of benzene rings is 5. The molecule has 0 bridgehead atoms. The van der Waals surface area contributed by atoms with Crippen LogP contribution in [0.3, 0.4) is 0 Å². The van der Waals surface area contributed by atoms with E-state index in [1.165, 1.54) is 22.5 Å². The average molecular weight is 795 g/mol. The number of halogens is 4. The van der Waals surface area contributed by atoms with Crippen molar-refractivity contribution in [2.24, 2.45) is 0 Å². The standard InChI is InChI=1S/C46H40Cl4N2O2/c1-5-51-21-19-33-23-31(15-17-37(33)51)35(29-11-7-27(3)8-12-29)25-46(40-39(45(53)54-46)41(47)43(49)44(50)42(40)48)26-36(30-13-9-28(4)10-14-30)32-16-18-38-34(24-32)20-22-52(38)6-2/h7-18,23-26H,5-6,19-22H2,1-4H3/b35-25+,36-26+. The summed E-state index contributed by atoms with van der Waals surface area (Å²) < 4.78 is 6.65. The lowest BCUT2D eigenvalue weighted by molar-refractivity contribution is 0.0300. The van der Waals surface area contributed by atoms with E-state index in [0.29, 0.717) is 5.56 Å². The molecule has 0 aliphatic carbocycles. The summed E-state index contributed by atoms with van der Waals surface area (Å²) in [7, 11) is 0. The Hall–Kier alpha value is -4.19. The number of carbonyl (C=O) groups excluding carboxylic acids is 1. The molecule has 5 aromatic carbocycles. The highest BCUT2D eigenvalue weighted by Crippen LogP contribution is 2.54. The molecule has 4 nitrogen and oxygen atoms in total. The number of aryl methyl sites for hydroxylation is 2. The van der Waals surface area contributed by atoms with E-state index in [0.717, 1.165) is 83.5 Å². The summed E-state index contributed by atoms with van der Waals surface area (Å²) in [4.78, 5) is 19.0. The second kappa shape index (κ2) is 14.5. The molecule has 0 aromatic heterocycles. The molecule has 0 saturated heterocycles. The number of carbonyl (C=O) groups is 1. The monoisotopic (exact) mass is 792 g/mol. The van der Waals surface area contributed by atoms with Crippen LogP contribution in [0, 0.1) is 13.8 Å². The van der Waals surface area contributed by atoms with Gasteiger partial charge in [0.05, 0.1) is 25.7 Å². The van der Waals surface area contributed by atoms with Crippen LogP contribution in [0.25, 0.3) is 11.1 Å². The molecule has 5 aromatic rings. The molecular formula is C46H40Cl4N2O2. The smallest absolute Gasteiger partial charge is 0.341 e. The quantitative estimate of drug-likeness (QED) is 0.0890. The summed E-state index contributed by atoms with van der Waals surface area (Å²) in [6.07, 6.45) is 5.93. The molecule has 8 rings (SSSR count). The van der Waals surface area contributed by atoms with Gasteiger partial charge in [0, 0.05) is 43.1 Å². The minimum atomic E-state index is -1.55. The third kappa shape index (κ3) is 6.31. The average Bonchev–Trinajstić information content (AvgIpc) is 3.87. The molecule has 0 radical (unpaired) electrons. The van der Waals surface area contributed by atoms with Crippen molar-refractivity contribution >= 4 is 74.9 Å². The minimum absolute atomic E-state index is 0.0119.